The lowest BCUT2D eigenvalue weighted by Crippen LogP contribution is -2.39. The quantitative estimate of drug-likeness (QED) is 0.867. The number of hydrogen-bond donors (Lipinski definition) is 2. The molecular weight excluding hydrogens is 240 g/mol. The van der Waals surface area contributed by atoms with Crippen LogP contribution in [0.25, 0.3) is 11.0 Å². The largest absolute Gasteiger partial charge is 0.349 e. The molecule has 1 aromatic carbocycles. The van der Waals surface area contributed by atoms with Gasteiger partial charge in [-0.1, -0.05) is 6.92 Å². The number of amides is 1. The van der Waals surface area contributed by atoms with Crippen LogP contribution in [-0.2, 0) is 0 Å². The molecule has 0 saturated heterocycles. The standard InChI is InChI=1S/C14H18N4O/c1-9(8-15)10(2)18-14(19)11-3-4-12-13(7-11)17-6-5-16-12/h3-7,9-10H,8,15H2,1-2H3,(H,18,19). The summed E-state index contributed by atoms with van der Waals surface area (Å²) < 4.78 is 0. The van der Waals surface area contributed by atoms with Gasteiger partial charge in [-0.05, 0) is 37.6 Å². The normalized spacial score (nSPS) is 14.1. The average molecular weight is 258 g/mol. The topological polar surface area (TPSA) is 80.9 Å². The summed E-state index contributed by atoms with van der Waals surface area (Å²) in [5.41, 5.74) is 7.68. The van der Waals surface area contributed by atoms with E-state index in [1.165, 1.54) is 0 Å². The van der Waals surface area contributed by atoms with E-state index in [4.69, 9.17) is 5.73 Å². The van der Waals surface area contributed by atoms with Crippen molar-refractivity contribution in [3.8, 4) is 0 Å². The van der Waals surface area contributed by atoms with Crippen molar-refractivity contribution in [2.45, 2.75) is 19.9 Å². The van der Waals surface area contributed by atoms with Gasteiger partial charge in [0, 0.05) is 24.0 Å². The lowest BCUT2D eigenvalue weighted by Gasteiger charge is -2.19. The van der Waals surface area contributed by atoms with E-state index in [0.717, 1.165) is 11.0 Å². The fraction of sp³-hybridized carbons (Fsp3) is 0.357. The third kappa shape index (κ3) is 3.06. The molecular formula is C14H18N4O. The number of carbonyl (C=O) groups is 1. The van der Waals surface area contributed by atoms with Crippen LogP contribution in [0.2, 0.25) is 0 Å². The highest BCUT2D eigenvalue weighted by atomic mass is 16.1. The molecule has 0 aliphatic rings. The van der Waals surface area contributed by atoms with Crippen LogP contribution in [-0.4, -0.2) is 28.5 Å². The molecule has 1 heterocycles. The van der Waals surface area contributed by atoms with E-state index in [-0.39, 0.29) is 17.9 Å². The van der Waals surface area contributed by atoms with Gasteiger partial charge in [0.15, 0.2) is 0 Å². The molecule has 0 saturated carbocycles. The van der Waals surface area contributed by atoms with E-state index in [2.05, 4.69) is 15.3 Å². The predicted octanol–water partition coefficient (Wildman–Crippen LogP) is 1.34. The molecule has 3 N–H and O–H groups in total. The summed E-state index contributed by atoms with van der Waals surface area (Å²) in [5.74, 6) is 0.129. The monoisotopic (exact) mass is 258 g/mol. The third-order valence-corrected chi connectivity index (χ3v) is 3.32. The second-order valence-corrected chi connectivity index (χ2v) is 4.73. The number of nitrogens with zero attached hydrogens (tertiary/aromatic N) is 2. The summed E-state index contributed by atoms with van der Waals surface area (Å²) in [6.07, 6.45) is 3.25. The first-order valence-electron chi connectivity index (χ1n) is 6.33. The predicted molar refractivity (Wildman–Crippen MR) is 74.7 cm³/mol. The number of fused-ring (bicyclic) bond motifs is 1. The first-order chi connectivity index (χ1) is 9.11. The van der Waals surface area contributed by atoms with E-state index in [0.29, 0.717) is 12.1 Å². The molecule has 5 nitrogen and oxygen atoms in total. The van der Waals surface area contributed by atoms with Gasteiger partial charge in [-0.3, -0.25) is 14.8 Å². The van der Waals surface area contributed by atoms with Crippen LogP contribution in [0.1, 0.15) is 24.2 Å². The molecule has 0 aliphatic heterocycles. The second-order valence-electron chi connectivity index (χ2n) is 4.73. The Kier molecular flexibility index (Phi) is 4.06. The smallest absolute Gasteiger partial charge is 0.251 e. The van der Waals surface area contributed by atoms with Crippen molar-refractivity contribution in [2.75, 3.05) is 6.54 Å². The maximum atomic E-state index is 12.1. The van der Waals surface area contributed by atoms with Gasteiger partial charge in [0.1, 0.15) is 0 Å². The Bertz CT molecular complexity index is 584. The van der Waals surface area contributed by atoms with Gasteiger partial charge in [0.25, 0.3) is 5.91 Å². The van der Waals surface area contributed by atoms with E-state index in [1.54, 1.807) is 30.6 Å². The maximum absolute atomic E-state index is 12.1. The molecule has 19 heavy (non-hydrogen) atoms. The SMILES string of the molecule is CC(CN)C(C)NC(=O)c1ccc2nccnc2c1. The molecule has 0 bridgehead atoms. The van der Waals surface area contributed by atoms with E-state index >= 15 is 0 Å². The molecule has 0 aliphatic carbocycles. The van der Waals surface area contributed by atoms with Crippen LogP contribution < -0.4 is 11.1 Å². The van der Waals surface area contributed by atoms with Gasteiger partial charge in [0.05, 0.1) is 11.0 Å². The second kappa shape index (κ2) is 5.75. The lowest BCUT2D eigenvalue weighted by molar-refractivity contribution is 0.0929. The summed E-state index contributed by atoms with van der Waals surface area (Å²) in [6, 6.07) is 5.34. The number of nitrogens with one attached hydrogen (secondary N) is 1. The first kappa shape index (κ1) is 13.4. The minimum atomic E-state index is -0.111. The minimum absolute atomic E-state index is 0.0371. The fourth-order valence-electron chi connectivity index (χ4n) is 1.74. The molecule has 0 fully saturated rings. The van der Waals surface area contributed by atoms with Crippen molar-refractivity contribution in [1.82, 2.24) is 15.3 Å². The van der Waals surface area contributed by atoms with Crippen molar-refractivity contribution in [2.24, 2.45) is 11.7 Å². The highest BCUT2D eigenvalue weighted by Gasteiger charge is 2.15. The van der Waals surface area contributed by atoms with Gasteiger partial charge in [-0.2, -0.15) is 0 Å². The van der Waals surface area contributed by atoms with Gasteiger partial charge >= 0.3 is 0 Å². The van der Waals surface area contributed by atoms with Gasteiger partial charge < -0.3 is 11.1 Å². The zero-order valence-corrected chi connectivity index (χ0v) is 11.1. The van der Waals surface area contributed by atoms with Crippen molar-refractivity contribution in [1.29, 1.82) is 0 Å². The molecule has 2 rings (SSSR count). The molecule has 1 aromatic heterocycles. The van der Waals surface area contributed by atoms with Crippen LogP contribution in [0, 0.1) is 5.92 Å². The number of nitrogens with two attached hydrogens (primary N) is 1. The number of benzene rings is 1. The molecule has 0 spiro atoms. The summed E-state index contributed by atoms with van der Waals surface area (Å²) >= 11 is 0. The van der Waals surface area contributed by atoms with Crippen LogP contribution in [0.5, 0.6) is 0 Å². The summed E-state index contributed by atoms with van der Waals surface area (Å²) in [6.45, 7) is 4.51. The maximum Gasteiger partial charge on any atom is 0.251 e. The zero-order valence-electron chi connectivity index (χ0n) is 11.1. The Balaban J connectivity index is 2.17. The fourth-order valence-corrected chi connectivity index (χ4v) is 1.74. The molecule has 2 atom stereocenters. The Morgan fingerprint density at radius 1 is 1.26 bits per heavy atom. The van der Waals surface area contributed by atoms with Crippen LogP contribution >= 0.6 is 0 Å². The number of aromatic nitrogens is 2. The molecule has 5 heteroatoms. The molecule has 1 amide bonds. The van der Waals surface area contributed by atoms with Crippen molar-refractivity contribution >= 4 is 16.9 Å². The van der Waals surface area contributed by atoms with Crippen molar-refractivity contribution in [3.63, 3.8) is 0 Å². The number of carbonyl (C=O) groups excluding carboxylic acids is 1. The van der Waals surface area contributed by atoms with Crippen LogP contribution in [0.4, 0.5) is 0 Å². The average Bonchev–Trinajstić information content (AvgIpc) is 2.45. The van der Waals surface area contributed by atoms with Crippen molar-refractivity contribution < 1.29 is 4.79 Å². The summed E-state index contributed by atoms with van der Waals surface area (Å²) in [7, 11) is 0. The number of rotatable bonds is 4. The van der Waals surface area contributed by atoms with Crippen LogP contribution in [0.15, 0.2) is 30.6 Å². The molecule has 100 valence electrons. The first-order valence-corrected chi connectivity index (χ1v) is 6.33. The Hall–Kier alpha value is -2.01. The Morgan fingerprint density at radius 3 is 2.63 bits per heavy atom. The Labute approximate surface area is 112 Å². The van der Waals surface area contributed by atoms with Gasteiger partial charge in [0.2, 0.25) is 0 Å². The Morgan fingerprint density at radius 2 is 1.95 bits per heavy atom. The van der Waals surface area contributed by atoms with E-state index in [9.17, 15) is 4.79 Å². The van der Waals surface area contributed by atoms with Gasteiger partial charge in [-0.25, -0.2) is 0 Å². The highest BCUT2D eigenvalue weighted by molar-refractivity contribution is 5.97. The minimum Gasteiger partial charge on any atom is -0.349 e. The molecule has 0 radical (unpaired) electrons. The highest BCUT2D eigenvalue weighted by Crippen LogP contribution is 2.11. The van der Waals surface area contributed by atoms with Crippen LogP contribution in [0.3, 0.4) is 0 Å². The third-order valence-electron chi connectivity index (χ3n) is 3.32. The summed E-state index contributed by atoms with van der Waals surface area (Å²) in [5, 5.41) is 2.94. The number of hydrogen-bond acceptors (Lipinski definition) is 4. The molecule has 2 unspecified atom stereocenters. The van der Waals surface area contributed by atoms with E-state index < -0.39 is 0 Å². The summed E-state index contributed by atoms with van der Waals surface area (Å²) in [4.78, 5) is 20.5. The molecule has 2 aromatic rings. The zero-order chi connectivity index (χ0) is 13.8. The lowest BCUT2D eigenvalue weighted by atomic mass is 10.0. The van der Waals surface area contributed by atoms with Gasteiger partial charge in [-0.15, -0.1) is 0 Å². The van der Waals surface area contributed by atoms with Crippen molar-refractivity contribution in [3.05, 3.63) is 36.2 Å². The van der Waals surface area contributed by atoms with E-state index in [1.807, 2.05) is 13.8 Å².